The second-order valence-corrected chi connectivity index (χ2v) is 3.34. The number of benzene rings is 1. The molecule has 0 aromatic heterocycles. The first-order valence-corrected chi connectivity index (χ1v) is 4.34. The van der Waals surface area contributed by atoms with Gasteiger partial charge in [0.05, 0.1) is 5.02 Å². The third-order valence-electron chi connectivity index (χ3n) is 1.38. The Hall–Kier alpha value is -1.07. The smallest absolute Gasteiger partial charge is 0.474 e. The van der Waals surface area contributed by atoms with Crippen molar-refractivity contribution in [2.75, 3.05) is 0 Å². The Bertz CT molecular complexity index is 395. The van der Waals surface area contributed by atoms with Gasteiger partial charge in [-0.15, -0.1) is 0 Å². The molecular formula is C8H4Cl2F2O3. The Morgan fingerprint density at radius 1 is 1.40 bits per heavy atom. The van der Waals surface area contributed by atoms with E-state index in [4.69, 9.17) is 28.3 Å². The summed E-state index contributed by atoms with van der Waals surface area (Å²) in [4.78, 5) is 10.1. The van der Waals surface area contributed by atoms with Gasteiger partial charge in [0.2, 0.25) is 0 Å². The van der Waals surface area contributed by atoms with Crippen molar-refractivity contribution in [1.29, 1.82) is 0 Å². The van der Waals surface area contributed by atoms with Crippen LogP contribution in [0.2, 0.25) is 10.0 Å². The maximum atomic E-state index is 12.6. The van der Waals surface area contributed by atoms with Gasteiger partial charge < -0.3 is 9.84 Å². The van der Waals surface area contributed by atoms with Crippen molar-refractivity contribution >= 4 is 29.2 Å². The van der Waals surface area contributed by atoms with Crippen LogP contribution in [0.15, 0.2) is 18.2 Å². The van der Waals surface area contributed by atoms with Crippen molar-refractivity contribution in [3.8, 4) is 5.75 Å². The lowest BCUT2D eigenvalue weighted by molar-refractivity contribution is -0.210. The molecule has 0 amide bonds. The predicted octanol–water partition coefficient (Wildman–Crippen LogP) is 3.05. The van der Waals surface area contributed by atoms with Gasteiger partial charge in [0, 0.05) is 5.02 Å². The summed E-state index contributed by atoms with van der Waals surface area (Å²) < 4.78 is 29.1. The molecule has 0 radical (unpaired) electrons. The van der Waals surface area contributed by atoms with Gasteiger partial charge in [0.25, 0.3) is 0 Å². The van der Waals surface area contributed by atoms with Gasteiger partial charge >= 0.3 is 12.1 Å². The molecule has 0 unspecified atom stereocenters. The third kappa shape index (κ3) is 2.94. The number of halogens is 4. The fourth-order valence-electron chi connectivity index (χ4n) is 0.740. The second-order valence-electron chi connectivity index (χ2n) is 2.50. The van der Waals surface area contributed by atoms with Crippen molar-refractivity contribution in [3.63, 3.8) is 0 Å². The van der Waals surface area contributed by atoms with Crippen molar-refractivity contribution in [3.05, 3.63) is 28.2 Å². The van der Waals surface area contributed by atoms with E-state index in [9.17, 15) is 13.6 Å². The topological polar surface area (TPSA) is 46.5 Å². The molecule has 15 heavy (non-hydrogen) atoms. The van der Waals surface area contributed by atoms with E-state index in [1.807, 2.05) is 0 Å². The van der Waals surface area contributed by atoms with Crippen molar-refractivity contribution in [2.45, 2.75) is 6.11 Å². The molecule has 7 heteroatoms. The summed E-state index contributed by atoms with van der Waals surface area (Å²) in [7, 11) is 0. The molecule has 0 aliphatic heterocycles. The van der Waals surface area contributed by atoms with E-state index < -0.39 is 17.8 Å². The van der Waals surface area contributed by atoms with E-state index in [0.717, 1.165) is 12.1 Å². The van der Waals surface area contributed by atoms with Gasteiger partial charge in [-0.3, -0.25) is 0 Å². The van der Waals surface area contributed by atoms with E-state index in [2.05, 4.69) is 4.74 Å². The number of carboxylic acids is 1. The SMILES string of the molecule is O=C(O)C(F)(F)Oc1ccc(Cl)cc1Cl. The maximum Gasteiger partial charge on any atom is 0.501 e. The van der Waals surface area contributed by atoms with Crippen LogP contribution >= 0.6 is 23.2 Å². The molecule has 1 N–H and O–H groups in total. The Labute approximate surface area is 93.2 Å². The molecule has 0 aliphatic carbocycles. The van der Waals surface area contributed by atoms with Gasteiger partial charge in [-0.2, -0.15) is 8.78 Å². The molecule has 82 valence electrons. The average molecular weight is 257 g/mol. The molecule has 3 nitrogen and oxygen atoms in total. The first-order chi connectivity index (χ1) is 6.83. The number of alkyl halides is 2. The van der Waals surface area contributed by atoms with Crippen LogP contribution in [0.4, 0.5) is 8.78 Å². The zero-order chi connectivity index (χ0) is 11.6. The molecule has 0 bridgehead atoms. The van der Waals surface area contributed by atoms with E-state index in [1.54, 1.807) is 0 Å². The molecule has 0 atom stereocenters. The van der Waals surface area contributed by atoms with Crippen LogP contribution in [-0.4, -0.2) is 17.2 Å². The number of aliphatic carboxylic acids is 1. The molecule has 0 fully saturated rings. The number of carboxylic acid groups (broad SMARTS) is 1. The molecule has 1 aromatic carbocycles. The monoisotopic (exact) mass is 256 g/mol. The summed E-state index contributed by atoms with van der Waals surface area (Å²) in [5.41, 5.74) is 0. The van der Waals surface area contributed by atoms with E-state index in [0.29, 0.717) is 0 Å². The molecule has 0 aliphatic rings. The van der Waals surface area contributed by atoms with E-state index in [-0.39, 0.29) is 10.0 Å². The van der Waals surface area contributed by atoms with Gasteiger partial charge in [-0.1, -0.05) is 23.2 Å². The zero-order valence-corrected chi connectivity index (χ0v) is 8.52. The summed E-state index contributed by atoms with van der Waals surface area (Å²) in [5, 5.41) is 8.14. The van der Waals surface area contributed by atoms with Crippen molar-refractivity contribution < 1.29 is 23.4 Å². The van der Waals surface area contributed by atoms with Crippen LogP contribution < -0.4 is 4.74 Å². The highest BCUT2D eigenvalue weighted by Crippen LogP contribution is 2.31. The maximum absolute atomic E-state index is 12.6. The van der Waals surface area contributed by atoms with Crippen LogP contribution in [-0.2, 0) is 4.79 Å². The first-order valence-electron chi connectivity index (χ1n) is 3.58. The Balaban J connectivity index is 2.95. The zero-order valence-electron chi connectivity index (χ0n) is 7.01. The summed E-state index contributed by atoms with van der Waals surface area (Å²) in [6, 6.07) is 3.47. The standard InChI is InChI=1S/C8H4Cl2F2O3/c9-4-1-2-6(5(10)3-4)15-8(11,12)7(13)14/h1-3H,(H,13,14). The van der Waals surface area contributed by atoms with Crippen LogP contribution in [0.3, 0.4) is 0 Å². The highest BCUT2D eigenvalue weighted by molar-refractivity contribution is 6.35. The number of carbonyl (C=O) groups is 1. The lowest BCUT2D eigenvalue weighted by Gasteiger charge is -2.14. The minimum atomic E-state index is -4.32. The molecule has 1 aromatic rings. The van der Waals surface area contributed by atoms with Crippen LogP contribution in [0.1, 0.15) is 0 Å². The first kappa shape index (κ1) is 12.0. The van der Waals surface area contributed by atoms with Gasteiger partial charge in [0.15, 0.2) is 0 Å². The second kappa shape index (κ2) is 4.20. The minimum absolute atomic E-state index is 0.191. The Morgan fingerprint density at radius 2 is 2.00 bits per heavy atom. The molecule has 0 saturated carbocycles. The predicted molar refractivity (Wildman–Crippen MR) is 49.7 cm³/mol. The molecular weight excluding hydrogens is 253 g/mol. The number of hydrogen-bond donors (Lipinski definition) is 1. The largest absolute Gasteiger partial charge is 0.501 e. The summed E-state index contributed by atoms with van der Waals surface area (Å²) in [5.74, 6) is -2.85. The highest BCUT2D eigenvalue weighted by atomic mass is 35.5. The number of rotatable bonds is 3. The fourth-order valence-corrected chi connectivity index (χ4v) is 1.19. The molecule has 0 saturated heterocycles. The van der Waals surface area contributed by atoms with Crippen molar-refractivity contribution in [1.82, 2.24) is 0 Å². The Morgan fingerprint density at radius 3 is 2.47 bits per heavy atom. The third-order valence-corrected chi connectivity index (χ3v) is 1.91. The average Bonchev–Trinajstić information content (AvgIpc) is 2.09. The highest BCUT2D eigenvalue weighted by Gasteiger charge is 2.42. The van der Waals surface area contributed by atoms with E-state index in [1.165, 1.54) is 6.07 Å². The van der Waals surface area contributed by atoms with Crippen LogP contribution in [0.25, 0.3) is 0 Å². The molecule has 1 rings (SSSR count). The van der Waals surface area contributed by atoms with Gasteiger partial charge in [-0.05, 0) is 18.2 Å². The fraction of sp³-hybridized carbons (Fsp3) is 0.125. The van der Waals surface area contributed by atoms with Crippen LogP contribution in [0.5, 0.6) is 5.75 Å². The lowest BCUT2D eigenvalue weighted by Crippen LogP contribution is -2.34. The summed E-state index contributed by atoms with van der Waals surface area (Å²) in [6.45, 7) is 0. The van der Waals surface area contributed by atoms with Crippen LogP contribution in [0, 0.1) is 0 Å². The quantitative estimate of drug-likeness (QED) is 0.905. The molecule has 0 spiro atoms. The normalized spacial score (nSPS) is 11.2. The Kier molecular flexibility index (Phi) is 3.36. The summed E-state index contributed by atoms with van der Waals surface area (Å²) >= 11 is 11.0. The van der Waals surface area contributed by atoms with Gasteiger partial charge in [0.1, 0.15) is 5.75 Å². The van der Waals surface area contributed by atoms with Crippen molar-refractivity contribution in [2.24, 2.45) is 0 Å². The number of hydrogen-bond acceptors (Lipinski definition) is 2. The number of ether oxygens (including phenoxy) is 1. The lowest BCUT2D eigenvalue weighted by atomic mass is 10.3. The van der Waals surface area contributed by atoms with E-state index >= 15 is 0 Å². The van der Waals surface area contributed by atoms with Gasteiger partial charge in [-0.25, -0.2) is 4.79 Å². The minimum Gasteiger partial charge on any atom is -0.474 e. The summed E-state index contributed by atoms with van der Waals surface area (Å²) in [6.07, 6.45) is -4.32. The molecule has 0 heterocycles.